The van der Waals surface area contributed by atoms with Crippen LogP contribution in [0.25, 0.3) is 0 Å². The van der Waals surface area contributed by atoms with Gasteiger partial charge in [-0.15, -0.1) is 12.3 Å². The summed E-state index contributed by atoms with van der Waals surface area (Å²) in [5, 5.41) is 0. The minimum absolute atomic E-state index is 0.440. The van der Waals surface area contributed by atoms with Crippen LogP contribution in [-0.4, -0.2) is 0 Å². The Morgan fingerprint density at radius 2 is 1.80 bits per heavy atom. The molecule has 9 unspecified atom stereocenters. The van der Waals surface area contributed by atoms with Gasteiger partial charge in [0.1, 0.15) is 0 Å². The van der Waals surface area contributed by atoms with E-state index in [2.05, 4.69) is 54.0 Å². The lowest BCUT2D eigenvalue weighted by atomic mass is 9.02. The van der Waals surface area contributed by atoms with Crippen LogP contribution in [0.1, 0.15) is 92.9 Å². The molecule has 0 N–H and O–H groups in total. The molecule has 0 radical (unpaired) electrons. The van der Waals surface area contributed by atoms with Crippen molar-refractivity contribution in [3.8, 4) is 12.3 Å². The monoisotopic (exact) mass is 406 g/mol. The normalized spacial score (nSPS) is 52.0. The van der Waals surface area contributed by atoms with E-state index in [9.17, 15) is 0 Å². The maximum atomic E-state index is 5.61. The lowest BCUT2D eigenvalue weighted by Gasteiger charge is -3.02. The van der Waals surface area contributed by atoms with Crippen molar-refractivity contribution < 1.29 is 0 Å². The zero-order chi connectivity index (χ0) is 21.6. The molecule has 9 atom stereocenters. The molecule has 7 fully saturated rings. The van der Waals surface area contributed by atoms with Gasteiger partial charge in [-0.3, -0.25) is 0 Å². The van der Waals surface area contributed by atoms with Gasteiger partial charge in [-0.2, -0.15) is 0 Å². The second-order valence-electron chi connectivity index (χ2n) is 13.4. The van der Waals surface area contributed by atoms with Crippen LogP contribution in [0.15, 0.2) is 12.2 Å². The lowest BCUT2D eigenvalue weighted by Crippen LogP contribution is -2.97. The molecule has 7 aliphatic rings. The third kappa shape index (κ3) is 2.48. The van der Waals surface area contributed by atoms with Crippen LogP contribution in [0.5, 0.6) is 0 Å². The van der Waals surface area contributed by atoms with Gasteiger partial charge < -0.3 is 0 Å². The maximum Gasteiger partial charge on any atom is 0.0174 e. The minimum Gasteiger partial charge on any atom is -0.120 e. The van der Waals surface area contributed by atoms with Gasteiger partial charge in [0.2, 0.25) is 0 Å². The van der Waals surface area contributed by atoms with E-state index in [1.165, 1.54) is 56.9 Å². The quantitative estimate of drug-likeness (QED) is 0.241. The molecule has 0 nitrogen and oxygen atoms in total. The van der Waals surface area contributed by atoms with E-state index in [0.717, 1.165) is 47.3 Å². The Hall–Kier alpha value is -0.700. The summed E-state index contributed by atoms with van der Waals surface area (Å²) in [6.45, 7) is 19.0. The minimum atomic E-state index is 0.440. The Morgan fingerprint density at radius 3 is 2.37 bits per heavy atom. The summed E-state index contributed by atoms with van der Waals surface area (Å²) in [7, 11) is 0. The highest BCUT2D eigenvalue weighted by molar-refractivity contribution is 5.44. The molecular formula is C30H46. The molecule has 0 aliphatic heterocycles. The van der Waals surface area contributed by atoms with Crippen molar-refractivity contribution in [2.45, 2.75) is 92.9 Å². The second kappa shape index (κ2) is 6.65. The fourth-order valence-electron chi connectivity index (χ4n) is 10.1. The van der Waals surface area contributed by atoms with Gasteiger partial charge in [-0.05, 0) is 109 Å². The van der Waals surface area contributed by atoms with Crippen LogP contribution >= 0.6 is 0 Å². The van der Waals surface area contributed by atoms with E-state index < -0.39 is 0 Å². The fraction of sp³-hybridized carbons (Fsp3) is 0.867. The van der Waals surface area contributed by atoms with Crippen LogP contribution in [0.4, 0.5) is 0 Å². The molecule has 0 heterocycles. The molecule has 4 bridgehead atoms. The van der Waals surface area contributed by atoms with Gasteiger partial charge in [0.05, 0.1) is 0 Å². The number of rotatable bonds is 11. The van der Waals surface area contributed by atoms with Crippen LogP contribution < -0.4 is 0 Å². The van der Waals surface area contributed by atoms with Gasteiger partial charge in [0.25, 0.3) is 0 Å². The van der Waals surface area contributed by atoms with E-state index in [1.807, 2.05) is 0 Å². The first-order valence-electron chi connectivity index (χ1n) is 13.2. The first-order chi connectivity index (χ1) is 14.1. The fourth-order valence-corrected chi connectivity index (χ4v) is 10.1. The third-order valence-electron chi connectivity index (χ3n) is 12.2. The van der Waals surface area contributed by atoms with Crippen molar-refractivity contribution in [3.05, 3.63) is 12.2 Å². The van der Waals surface area contributed by atoms with Gasteiger partial charge >= 0.3 is 0 Å². The summed E-state index contributed by atoms with van der Waals surface area (Å²) in [5.41, 5.74) is 3.55. The zero-order valence-electron chi connectivity index (χ0n) is 20.6. The summed E-state index contributed by atoms with van der Waals surface area (Å²) in [6.07, 6.45) is 17.2. The number of hydrogen-bond donors (Lipinski definition) is 0. The summed E-state index contributed by atoms with van der Waals surface area (Å²) in [4.78, 5) is 0. The van der Waals surface area contributed by atoms with Gasteiger partial charge in [-0.1, -0.05) is 59.6 Å². The molecule has 7 aliphatic carbocycles. The highest BCUT2D eigenvalue weighted by atomic mass is 15.0. The van der Waals surface area contributed by atoms with E-state index in [1.54, 1.807) is 0 Å². The molecule has 166 valence electrons. The van der Waals surface area contributed by atoms with E-state index in [0.29, 0.717) is 22.2 Å². The summed E-state index contributed by atoms with van der Waals surface area (Å²) >= 11 is 0. The van der Waals surface area contributed by atoms with Crippen molar-refractivity contribution in [2.24, 2.45) is 69.5 Å². The summed E-state index contributed by atoms with van der Waals surface area (Å²) in [5.74, 6) is 11.2. The molecule has 30 heavy (non-hydrogen) atoms. The number of allylic oxidation sites excluding steroid dienone is 1. The largest absolute Gasteiger partial charge is 0.120 e. The topological polar surface area (TPSA) is 0 Å². The third-order valence-corrected chi connectivity index (χ3v) is 12.2. The van der Waals surface area contributed by atoms with Crippen molar-refractivity contribution in [3.63, 3.8) is 0 Å². The van der Waals surface area contributed by atoms with Crippen LogP contribution in [0.2, 0.25) is 0 Å². The predicted molar refractivity (Wildman–Crippen MR) is 128 cm³/mol. The zero-order valence-corrected chi connectivity index (χ0v) is 20.6. The van der Waals surface area contributed by atoms with Gasteiger partial charge in [-0.25, -0.2) is 0 Å². The average Bonchev–Trinajstić information content (AvgIpc) is 3.58. The lowest BCUT2D eigenvalue weighted by molar-refractivity contribution is -0.545. The predicted octanol–water partition coefficient (Wildman–Crippen LogP) is 7.99. The molecular weight excluding hydrogens is 360 g/mol. The molecule has 7 rings (SSSR count). The molecule has 7 saturated carbocycles. The average molecular weight is 407 g/mol. The molecule has 0 aromatic rings. The SMILES string of the molecule is C#CC(C)CC(C)CCC12CC3C1(C)C(CCC(C)C1CC1C1CC1C(=C)C)C32C. The molecule has 0 heteroatoms. The maximum absolute atomic E-state index is 5.61. The Bertz CT molecular complexity index is 749. The van der Waals surface area contributed by atoms with E-state index >= 15 is 0 Å². The number of hydrogen-bond acceptors (Lipinski definition) is 0. The standard InChI is InChI=1S/C30H46/c1-9-19(4)14-20(5)12-13-30-17-27-28(30,7)26(29(27,30)8)11-10-21(6)23-16-25(23)24-15-22(24)18(2)3/h1,19-27H,2,10-17H2,3-8H3. The smallest absolute Gasteiger partial charge is 0.0174 e. The Kier molecular flexibility index (Phi) is 4.69. The molecule has 0 saturated heterocycles. The molecule has 0 aromatic heterocycles. The van der Waals surface area contributed by atoms with Crippen molar-refractivity contribution in [1.29, 1.82) is 0 Å². The second-order valence-corrected chi connectivity index (χ2v) is 13.4. The highest BCUT2D eigenvalue weighted by Crippen LogP contribution is 3.02. The van der Waals surface area contributed by atoms with Crippen LogP contribution in [-0.2, 0) is 0 Å². The highest BCUT2D eigenvalue weighted by Gasteiger charge is 2.97. The number of terminal acetylenes is 1. The van der Waals surface area contributed by atoms with Crippen LogP contribution in [0.3, 0.4) is 0 Å². The Labute approximate surface area is 187 Å². The Balaban J connectivity index is 1.10. The summed E-state index contributed by atoms with van der Waals surface area (Å²) in [6, 6.07) is 0. The van der Waals surface area contributed by atoms with E-state index in [4.69, 9.17) is 6.42 Å². The first-order valence-corrected chi connectivity index (χ1v) is 13.2. The Morgan fingerprint density at radius 1 is 1.10 bits per heavy atom. The first kappa shape index (κ1) is 21.2. The van der Waals surface area contributed by atoms with Crippen molar-refractivity contribution >= 4 is 0 Å². The molecule has 0 spiro atoms. The molecule has 0 aromatic carbocycles. The van der Waals surface area contributed by atoms with Crippen molar-refractivity contribution in [2.75, 3.05) is 0 Å². The van der Waals surface area contributed by atoms with Crippen LogP contribution in [0, 0.1) is 81.8 Å². The summed E-state index contributed by atoms with van der Waals surface area (Å²) < 4.78 is 0. The van der Waals surface area contributed by atoms with E-state index in [-0.39, 0.29) is 0 Å². The molecule has 0 amide bonds. The van der Waals surface area contributed by atoms with Crippen molar-refractivity contribution in [1.82, 2.24) is 0 Å². The van der Waals surface area contributed by atoms with Gasteiger partial charge in [0, 0.05) is 5.92 Å². The van der Waals surface area contributed by atoms with Gasteiger partial charge in [0.15, 0.2) is 0 Å².